The number of anilines is 1. The molecule has 2 bridgehead atoms. The number of carbonyl (C=O) groups excluding carboxylic acids is 1. The lowest BCUT2D eigenvalue weighted by molar-refractivity contribution is -0.113. The molecule has 1 aromatic carbocycles. The first-order valence-corrected chi connectivity index (χ1v) is 11.4. The van der Waals surface area contributed by atoms with E-state index in [-0.39, 0.29) is 17.2 Å². The highest BCUT2D eigenvalue weighted by Crippen LogP contribution is 2.36. The summed E-state index contributed by atoms with van der Waals surface area (Å²) in [7, 11) is 0. The molecule has 0 saturated carbocycles. The van der Waals surface area contributed by atoms with Crippen molar-refractivity contribution >= 4 is 51.5 Å². The van der Waals surface area contributed by atoms with Gasteiger partial charge in [0.25, 0.3) is 5.56 Å². The van der Waals surface area contributed by atoms with Crippen LogP contribution in [0.2, 0.25) is 5.02 Å². The Kier molecular flexibility index (Phi) is 5.99. The molecular formula is C21H22ClN3O2S2. The number of nitrogens with zero attached hydrogens (tertiary/aromatic N) is 2. The zero-order valence-electron chi connectivity index (χ0n) is 16.1. The van der Waals surface area contributed by atoms with E-state index in [4.69, 9.17) is 23.8 Å². The number of amides is 1. The van der Waals surface area contributed by atoms with E-state index >= 15 is 0 Å². The molecule has 0 aliphatic carbocycles. The molecule has 1 fully saturated rings. The topological polar surface area (TPSA) is 54.3 Å². The van der Waals surface area contributed by atoms with Crippen molar-refractivity contribution in [1.29, 1.82) is 0 Å². The van der Waals surface area contributed by atoms with E-state index in [0.29, 0.717) is 16.9 Å². The van der Waals surface area contributed by atoms with Gasteiger partial charge >= 0.3 is 0 Å². The second-order valence-corrected chi connectivity index (χ2v) is 9.71. The average Bonchev–Trinajstić information content (AvgIpc) is 2.69. The third-order valence-corrected chi connectivity index (χ3v) is 7.30. The van der Waals surface area contributed by atoms with Crippen LogP contribution < -0.4 is 10.9 Å². The summed E-state index contributed by atoms with van der Waals surface area (Å²) in [5.74, 6) is 0.865. The van der Waals surface area contributed by atoms with Gasteiger partial charge in [-0.2, -0.15) is 0 Å². The summed E-state index contributed by atoms with van der Waals surface area (Å²) in [5, 5.41) is 3.50. The lowest BCUT2D eigenvalue weighted by Crippen LogP contribution is -2.48. The van der Waals surface area contributed by atoms with Crippen molar-refractivity contribution in [2.75, 3.05) is 24.2 Å². The van der Waals surface area contributed by atoms with E-state index in [9.17, 15) is 9.59 Å². The van der Waals surface area contributed by atoms with Gasteiger partial charge < -0.3 is 14.8 Å². The number of carbonyl (C=O) groups is 1. The number of thiocarbonyl (C=S) groups is 1. The van der Waals surface area contributed by atoms with Gasteiger partial charge in [-0.25, -0.2) is 0 Å². The van der Waals surface area contributed by atoms with E-state index < -0.39 is 0 Å². The van der Waals surface area contributed by atoms with Gasteiger partial charge in [0.1, 0.15) is 4.32 Å². The second kappa shape index (κ2) is 8.50. The highest BCUT2D eigenvalue weighted by atomic mass is 35.5. The van der Waals surface area contributed by atoms with Crippen molar-refractivity contribution in [3.05, 3.63) is 63.0 Å². The van der Waals surface area contributed by atoms with Gasteiger partial charge in [0.2, 0.25) is 5.91 Å². The van der Waals surface area contributed by atoms with E-state index in [2.05, 4.69) is 10.2 Å². The Hall–Kier alpha value is -1.83. The predicted molar refractivity (Wildman–Crippen MR) is 123 cm³/mol. The van der Waals surface area contributed by atoms with Crippen LogP contribution in [0.25, 0.3) is 0 Å². The van der Waals surface area contributed by atoms with E-state index in [1.165, 1.54) is 11.8 Å². The summed E-state index contributed by atoms with van der Waals surface area (Å²) in [6.45, 7) is 4.29. The molecule has 3 heterocycles. The summed E-state index contributed by atoms with van der Waals surface area (Å²) in [6.07, 6.45) is 1.09. The van der Waals surface area contributed by atoms with Crippen LogP contribution >= 0.6 is 35.6 Å². The molecule has 2 atom stereocenters. The van der Waals surface area contributed by atoms with Crippen LogP contribution in [0.5, 0.6) is 0 Å². The maximum absolute atomic E-state index is 12.4. The number of piperidine rings is 1. The Morgan fingerprint density at radius 2 is 2.10 bits per heavy atom. The zero-order valence-corrected chi connectivity index (χ0v) is 18.4. The predicted octanol–water partition coefficient (Wildman–Crippen LogP) is 3.89. The van der Waals surface area contributed by atoms with E-state index in [0.717, 1.165) is 47.3 Å². The molecule has 2 aromatic rings. The lowest BCUT2D eigenvalue weighted by Gasteiger charge is -2.43. The van der Waals surface area contributed by atoms with Crippen molar-refractivity contribution in [2.24, 2.45) is 5.92 Å². The highest BCUT2D eigenvalue weighted by molar-refractivity contribution is 8.23. The Morgan fingerprint density at radius 1 is 1.28 bits per heavy atom. The maximum atomic E-state index is 12.4. The molecule has 29 heavy (non-hydrogen) atoms. The summed E-state index contributed by atoms with van der Waals surface area (Å²) < 4.78 is 2.65. The number of pyridine rings is 1. The molecule has 8 heteroatoms. The Bertz CT molecular complexity index is 1020. The van der Waals surface area contributed by atoms with Crippen molar-refractivity contribution in [1.82, 2.24) is 9.47 Å². The van der Waals surface area contributed by atoms with Gasteiger partial charge in [-0.3, -0.25) is 9.59 Å². The molecule has 152 valence electrons. The molecule has 1 aromatic heterocycles. The summed E-state index contributed by atoms with van der Waals surface area (Å²) in [6, 6.07) is 10.9. The summed E-state index contributed by atoms with van der Waals surface area (Å²) >= 11 is 13.0. The minimum Gasteiger partial charge on any atom is -0.356 e. The fourth-order valence-corrected chi connectivity index (χ4v) is 5.34. The number of aromatic nitrogens is 1. The number of halogens is 1. The number of hydrogen-bond acceptors (Lipinski definition) is 4. The number of aryl methyl sites for hydroxylation is 1. The van der Waals surface area contributed by atoms with Crippen LogP contribution in [0, 0.1) is 12.8 Å². The molecule has 5 nitrogen and oxygen atoms in total. The van der Waals surface area contributed by atoms with Crippen LogP contribution in [0.15, 0.2) is 41.2 Å². The van der Waals surface area contributed by atoms with Gasteiger partial charge in [-0.15, -0.1) is 0 Å². The zero-order chi connectivity index (χ0) is 20.5. The first kappa shape index (κ1) is 20.4. The number of thioether (sulfide) groups is 1. The fourth-order valence-electron chi connectivity index (χ4n) is 4.18. The van der Waals surface area contributed by atoms with Crippen molar-refractivity contribution in [3.63, 3.8) is 0 Å². The van der Waals surface area contributed by atoms with E-state index in [1.54, 1.807) is 18.2 Å². The van der Waals surface area contributed by atoms with Crippen LogP contribution in [-0.2, 0) is 11.3 Å². The summed E-state index contributed by atoms with van der Waals surface area (Å²) in [4.78, 5) is 26.7. The van der Waals surface area contributed by atoms with Crippen molar-refractivity contribution in [2.45, 2.75) is 25.8 Å². The minimum atomic E-state index is -0.100. The molecule has 1 N–H and O–H groups in total. The minimum absolute atomic E-state index is 0.0792. The molecular weight excluding hydrogens is 426 g/mol. The van der Waals surface area contributed by atoms with Crippen LogP contribution in [0.3, 0.4) is 0 Å². The van der Waals surface area contributed by atoms with Crippen molar-refractivity contribution in [3.8, 4) is 0 Å². The summed E-state index contributed by atoms with van der Waals surface area (Å²) in [5.41, 5.74) is 2.87. The first-order valence-electron chi connectivity index (χ1n) is 9.58. The lowest BCUT2D eigenvalue weighted by atomic mass is 9.83. The van der Waals surface area contributed by atoms with Crippen LogP contribution in [0.1, 0.15) is 23.6 Å². The Balaban J connectivity index is 1.36. The quantitative estimate of drug-likeness (QED) is 0.723. The molecule has 4 rings (SSSR count). The molecule has 0 unspecified atom stereocenters. The van der Waals surface area contributed by atoms with Crippen LogP contribution in [-0.4, -0.2) is 38.5 Å². The van der Waals surface area contributed by atoms with Gasteiger partial charge in [0.05, 0.1) is 5.75 Å². The van der Waals surface area contributed by atoms with Crippen LogP contribution in [0.4, 0.5) is 5.69 Å². The number of hydrogen-bond donors (Lipinski definition) is 1. The van der Waals surface area contributed by atoms with Gasteiger partial charge in [-0.1, -0.05) is 47.7 Å². The third-order valence-electron chi connectivity index (χ3n) is 5.54. The number of fused-ring (bicyclic) bond motifs is 4. The third kappa shape index (κ3) is 4.52. The second-order valence-electron chi connectivity index (χ2n) is 7.67. The molecule has 0 radical (unpaired) electrons. The average molecular weight is 448 g/mol. The number of benzene rings is 1. The SMILES string of the molecule is Cc1ccc(Cl)cc1NC(=O)CSC(=S)N1C[C@H]2C[C@H](C1)c1cccc(=O)n1C2. The molecule has 1 saturated heterocycles. The standard InChI is InChI=1S/C21H22ClN3O2S2/c1-13-5-6-16(22)8-17(13)23-19(26)12-29-21(28)24-9-14-7-15(11-24)18-3-2-4-20(27)25(18)10-14/h2-6,8,14-15H,7,9-12H2,1H3,(H,23,26)/t14-,15-/m1/s1. The number of likely N-dealkylation sites (tertiary alicyclic amines) is 1. The highest BCUT2D eigenvalue weighted by Gasteiger charge is 2.35. The molecule has 1 amide bonds. The Morgan fingerprint density at radius 3 is 2.93 bits per heavy atom. The van der Waals surface area contributed by atoms with Gasteiger partial charge in [0, 0.05) is 48.0 Å². The van der Waals surface area contributed by atoms with Crippen molar-refractivity contribution < 1.29 is 4.79 Å². The van der Waals surface area contributed by atoms with Gasteiger partial charge in [-0.05, 0) is 43.0 Å². The molecule has 0 spiro atoms. The fraction of sp³-hybridized carbons (Fsp3) is 0.381. The van der Waals surface area contributed by atoms with E-state index in [1.807, 2.05) is 29.7 Å². The normalized spacial score (nSPS) is 20.1. The monoisotopic (exact) mass is 447 g/mol. The maximum Gasteiger partial charge on any atom is 0.250 e. The molecule has 2 aliphatic rings. The van der Waals surface area contributed by atoms with Gasteiger partial charge in [0.15, 0.2) is 0 Å². The number of rotatable bonds is 3. The number of nitrogens with one attached hydrogen (secondary N) is 1. The smallest absolute Gasteiger partial charge is 0.250 e. The first-order chi connectivity index (χ1) is 13.9. The largest absolute Gasteiger partial charge is 0.356 e. The molecule has 2 aliphatic heterocycles. The Labute approximate surface area is 184 Å².